The first-order valence-corrected chi connectivity index (χ1v) is 41.7. The molecule has 0 saturated carbocycles. The molecule has 21 aromatic rings. The van der Waals surface area contributed by atoms with Gasteiger partial charge in [-0.1, -0.05) is 103 Å². The monoisotopic (exact) mass is 1670 g/mol. The van der Waals surface area contributed by atoms with E-state index in [9.17, 15) is 0 Å². The minimum absolute atomic E-state index is 0.543. The first kappa shape index (κ1) is 80.4. The van der Waals surface area contributed by atoms with E-state index in [1.165, 1.54) is 0 Å². The van der Waals surface area contributed by atoms with Crippen molar-refractivity contribution in [3.63, 3.8) is 0 Å². The minimum atomic E-state index is 0.543. The normalized spacial score (nSPS) is 10.9. The largest absolute Gasteiger partial charge is 0.264 e. The SMILES string of the molecule is Cc1c(-c2ccc(-c3ccccn3)nc2)cc(-c2ccc(-c3ccccn3)nc2)cc1-c1ccc(-c2ccccn2)nc1.Clc1c(-c2cccc(-c3ccccn3)n2)cc(-c2cccc(-c3ccccn3)n2)cc1-c1cccc(-c2ccccn2)n1.c1cncc(-c2cccc(-c3cc(-c4cccc(-c5cccnc5)n4)cc(-c4cccc(-c5cccnc5)n4)c3)n2)c1. The van der Waals surface area contributed by atoms with Gasteiger partial charge in [0.1, 0.15) is 0 Å². The van der Waals surface area contributed by atoms with Crippen LogP contribution in [0.1, 0.15) is 5.56 Å². The van der Waals surface area contributed by atoms with Crippen LogP contribution in [0.2, 0.25) is 5.02 Å². The van der Waals surface area contributed by atoms with E-state index < -0.39 is 0 Å². The number of hydrogen-bond acceptors (Lipinski definition) is 18. The van der Waals surface area contributed by atoms with Crippen molar-refractivity contribution in [2.45, 2.75) is 6.92 Å². The Balaban J connectivity index is 0.000000125. The van der Waals surface area contributed by atoms with Crippen LogP contribution in [0.4, 0.5) is 0 Å². The second-order valence-electron chi connectivity index (χ2n) is 29.6. The fourth-order valence-corrected chi connectivity index (χ4v) is 15.2. The molecule has 18 heterocycles. The smallest absolute Gasteiger partial charge is 0.0893 e. The number of halogens is 1. The Morgan fingerprint density at radius 1 is 0.156 bits per heavy atom. The Hall–Kier alpha value is -17.4. The van der Waals surface area contributed by atoms with E-state index in [0.29, 0.717) is 5.02 Å². The molecule has 0 saturated heterocycles. The van der Waals surface area contributed by atoms with Crippen molar-refractivity contribution in [3.8, 4) is 203 Å². The Kier molecular flexibility index (Phi) is 23.8. The van der Waals surface area contributed by atoms with E-state index in [1.807, 2.05) is 322 Å². The van der Waals surface area contributed by atoms with E-state index in [2.05, 4.69) is 100 Å². The number of pyridine rings is 18. The summed E-state index contributed by atoms with van der Waals surface area (Å²) in [6.07, 6.45) is 27.2. The van der Waals surface area contributed by atoms with Gasteiger partial charge in [-0.3, -0.25) is 59.8 Å². The van der Waals surface area contributed by atoms with Gasteiger partial charge >= 0.3 is 0 Å². The van der Waals surface area contributed by atoms with Gasteiger partial charge in [-0.05, 0) is 272 Å². The maximum absolute atomic E-state index is 7.22. The van der Waals surface area contributed by atoms with Crippen LogP contribution >= 0.6 is 11.6 Å². The lowest BCUT2D eigenvalue weighted by atomic mass is 9.89. The van der Waals surface area contributed by atoms with Crippen LogP contribution in [-0.2, 0) is 0 Å². The van der Waals surface area contributed by atoms with Gasteiger partial charge in [-0.2, -0.15) is 0 Å². The lowest BCUT2D eigenvalue weighted by Gasteiger charge is -2.16. The van der Waals surface area contributed by atoms with Crippen LogP contribution in [0.15, 0.2) is 427 Å². The Morgan fingerprint density at radius 2 is 0.398 bits per heavy atom. The molecule has 0 unspecified atom stereocenters. The third-order valence-corrected chi connectivity index (χ3v) is 21.7. The van der Waals surface area contributed by atoms with Crippen molar-refractivity contribution < 1.29 is 0 Å². The van der Waals surface area contributed by atoms with Crippen LogP contribution in [0, 0.1) is 6.92 Å². The first-order valence-electron chi connectivity index (χ1n) is 41.3. The molecule has 3 aromatic carbocycles. The maximum Gasteiger partial charge on any atom is 0.0893 e. The molecule has 0 atom stereocenters. The highest BCUT2D eigenvalue weighted by molar-refractivity contribution is 6.36. The van der Waals surface area contributed by atoms with Crippen LogP contribution < -0.4 is 0 Å². The van der Waals surface area contributed by atoms with Gasteiger partial charge in [-0.15, -0.1) is 0 Å². The second-order valence-corrected chi connectivity index (χ2v) is 30.0. The van der Waals surface area contributed by atoms with Crippen molar-refractivity contribution in [2.75, 3.05) is 0 Å². The average Bonchev–Trinajstić information content (AvgIpc) is 0.778. The predicted octanol–water partition coefficient (Wildman–Crippen LogP) is 25.1. The van der Waals surface area contributed by atoms with E-state index in [1.54, 1.807) is 55.8 Å². The zero-order valence-corrected chi connectivity index (χ0v) is 69.6. The number of nitrogens with zero attached hydrogens (tertiary/aromatic N) is 18. The lowest BCUT2D eigenvalue weighted by Crippen LogP contribution is -1.96. The lowest BCUT2D eigenvalue weighted by molar-refractivity contribution is 1.24. The summed E-state index contributed by atoms with van der Waals surface area (Å²) < 4.78 is 0. The van der Waals surface area contributed by atoms with Crippen LogP contribution in [0.3, 0.4) is 0 Å². The van der Waals surface area contributed by atoms with Crippen LogP contribution in [-0.4, -0.2) is 89.7 Å². The van der Waals surface area contributed by atoms with Gasteiger partial charge in [0.2, 0.25) is 0 Å². The molecule has 0 fully saturated rings. The molecule has 0 bridgehead atoms. The zero-order valence-electron chi connectivity index (χ0n) is 68.8. The molecular formula is C109H73ClN18. The Labute approximate surface area is 743 Å². The van der Waals surface area contributed by atoms with Crippen LogP contribution in [0.25, 0.3) is 203 Å². The topological polar surface area (TPSA) is 232 Å². The Morgan fingerprint density at radius 3 is 0.680 bits per heavy atom. The summed E-state index contributed by atoms with van der Waals surface area (Å²) in [5, 5.41) is 0.543. The standard InChI is InChI=1S/C37H26N6.C36H23ClN6.C36H24N6/c1-25-30(27-12-15-36(42-23-27)33-9-3-6-18-39-33)20-29(26-11-14-35(41-22-26)32-8-2-5-17-38-32)21-31(25)28-13-16-37(43-24-28)34-10-4-7-19-40-34;37-36-25(28-14-8-17-34(42-28)31-11-2-5-20-39-31)22-24(27-13-7-16-33(41-27)30-10-1-4-19-38-30)23-26(36)29-15-9-18-35(43-29)32-12-3-6-21-40-32;1-10-31(25-7-4-16-37-22-25)40-34(13-1)28-19-29(35-14-2-11-32(41-35)26-8-5-17-38-23-26)21-30(20-28)36-15-3-12-33(42-36)27-9-6-18-39-24-27/h2-24H,1H3;1-23H;1-24H. The molecule has 128 heavy (non-hydrogen) atoms. The van der Waals surface area contributed by atoms with E-state index >= 15 is 0 Å². The van der Waals surface area contributed by atoms with Crippen molar-refractivity contribution in [1.29, 1.82) is 0 Å². The molecule has 0 amide bonds. The number of hydrogen-bond donors (Lipinski definition) is 0. The molecule has 0 aliphatic carbocycles. The summed E-state index contributed by atoms with van der Waals surface area (Å²) in [5.74, 6) is 0. The van der Waals surface area contributed by atoms with Crippen molar-refractivity contribution >= 4 is 11.6 Å². The zero-order chi connectivity index (χ0) is 86.2. The fraction of sp³-hybridized carbons (Fsp3) is 0.00917. The molecule has 0 N–H and O–H groups in total. The highest BCUT2D eigenvalue weighted by Gasteiger charge is 2.22. The molecule has 18 nitrogen and oxygen atoms in total. The Bertz CT molecular complexity index is 6940. The quantitative estimate of drug-likeness (QED) is 0.0777. The molecule has 0 aliphatic heterocycles. The predicted molar refractivity (Wildman–Crippen MR) is 507 cm³/mol. The molecule has 0 radical (unpaired) electrons. The van der Waals surface area contributed by atoms with Gasteiger partial charge in [0.05, 0.1) is 125 Å². The average molecular weight is 1670 g/mol. The van der Waals surface area contributed by atoms with E-state index in [4.69, 9.17) is 56.5 Å². The summed E-state index contributed by atoms with van der Waals surface area (Å²) in [6, 6.07) is 110. The first-order chi connectivity index (χ1) is 63.2. The molecule has 19 heteroatoms. The van der Waals surface area contributed by atoms with Gasteiger partial charge < -0.3 is 0 Å². The van der Waals surface area contributed by atoms with E-state index in [-0.39, 0.29) is 0 Å². The fourth-order valence-electron chi connectivity index (χ4n) is 14.9. The van der Waals surface area contributed by atoms with Crippen molar-refractivity contribution in [1.82, 2.24) is 89.7 Å². The molecule has 606 valence electrons. The van der Waals surface area contributed by atoms with Gasteiger partial charge in [0, 0.05) is 160 Å². The molecule has 0 aliphatic rings. The van der Waals surface area contributed by atoms with Crippen molar-refractivity contribution in [3.05, 3.63) is 437 Å². The van der Waals surface area contributed by atoms with Gasteiger partial charge in [-0.25, -0.2) is 29.9 Å². The summed E-state index contributed by atoms with van der Waals surface area (Å²) in [4.78, 5) is 83.8. The highest BCUT2D eigenvalue weighted by atomic mass is 35.5. The maximum atomic E-state index is 7.22. The molecule has 18 aromatic heterocycles. The molecule has 21 rings (SSSR count). The summed E-state index contributed by atoms with van der Waals surface area (Å²) in [7, 11) is 0. The highest BCUT2D eigenvalue weighted by Crippen LogP contribution is 2.43. The number of rotatable bonds is 18. The van der Waals surface area contributed by atoms with Crippen LogP contribution in [0.5, 0.6) is 0 Å². The second kappa shape index (κ2) is 38.0. The third-order valence-electron chi connectivity index (χ3n) is 21.3. The molecule has 0 spiro atoms. The number of benzene rings is 3. The number of aromatic nitrogens is 18. The third kappa shape index (κ3) is 18.5. The minimum Gasteiger partial charge on any atom is -0.264 e. The summed E-state index contributed by atoms with van der Waals surface area (Å²) in [6.45, 7) is 2.15. The van der Waals surface area contributed by atoms with E-state index in [0.717, 1.165) is 209 Å². The summed E-state index contributed by atoms with van der Waals surface area (Å²) in [5.41, 5.74) is 32.7. The van der Waals surface area contributed by atoms with Crippen molar-refractivity contribution in [2.24, 2.45) is 0 Å². The van der Waals surface area contributed by atoms with Gasteiger partial charge in [0.15, 0.2) is 0 Å². The summed E-state index contributed by atoms with van der Waals surface area (Å²) >= 11 is 7.22. The molecular weight excluding hydrogens is 1600 g/mol. The van der Waals surface area contributed by atoms with Gasteiger partial charge in [0.25, 0.3) is 0 Å².